The number of rotatable bonds is 7. The Balaban J connectivity index is 1.62. The van der Waals surface area contributed by atoms with Crippen LogP contribution in [0.25, 0.3) is 0 Å². The van der Waals surface area contributed by atoms with Crippen molar-refractivity contribution in [1.29, 1.82) is 0 Å². The molecule has 0 spiro atoms. The molecule has 3 rings (SSSR count). The molecule has 0 unspecified atom stereocenters. The monoisotopic (exact) mass is 358 g/mol. The van der Waals surface area contributed by atoms with E-state index in [0.717, 1.165) is 30.0 Å². The number of aromatic nitrogens is 3. The van der Waals surface area contributed by atoms with Crippen LogP contribution in [0, 0.1) is 13.8 Å². The van der Waals surface area contributed by atoms with Gasteiger partial charge in [0, 0.05) is 31.1 Å². The lowest BCUT2D eigenvalue weighted by molar-refractivity contribution is -0.131. The molecule has 2 heterocycles. The van der Waals surface area contributed by atoms with Gasteiger partial charge in [0.25, 0.3) is 0 Å². The molecule has 2 aromatic heterocycles. The highest BCUT2D eigenvalue weighted by molar-refractivity contribution is 5.96. The van der Waals surface area contributed by atoms with Crippen molar-refractivity contribution < 1.29 is 14.1 Å². The third-order valence-corrected chi connectivity index (χ3v) is 4.95. The fourth-order valence-corrected chi connectivity index (χ4v) is 3.39. The van der Waals surface area contributed by atoms with Gasteiger partial charge in [-0.25, -0.2) is 0 Å². The van der Waals surface area contributed by atoms with E-state index < -0.39 is 0 Å². The Morgan fingerprint density at radius 2 is 2.08 bits per heavy atom. The second kappa shape index (κ2) is 7.05. The van der Waals surface area contributed by atoms with Crippen LogP contribution in [0.5, 0.6) is 0 Å². The molecule has 1 aliphatic rings. The van der Waals surface area contributed by atoms with Crippen molar-refractivity contribution >= 4 is 11.7 Å². The van der Waals surface area contributed by atoms with Gasteiger partial charge in [0.15, 0.2) is 5.78 Å². The van der Waals surface area contributed by atoms with Gasteiger partial charge in [0.05, 0.1) is 23.8 Å². The van der Waals surface area contributed by atoms with Gasteiger partial charge in [-0.2, -0.15) is 5.10 Å². The average Bonchev–Trinajstić information content (AvgIpc) is 3.23. The quantitative estimate of drug-likeness (QED) is 0.710. The van der Waals surface area contributed by atoms with Crippen molar-refractivity contribution in [2.75, 3.05) is 7.05 Å². The van der Waals surface area contributed by atoms with E-state index >= 15 is 0 Å². The fraction of sp³-hybridized carbons (Fsp3) is 0.579. The zero-order chi connectivity index (χ0) is 19.0. The maximum atomic E-state index is 12.6. The lowest BCUT2D eigenvalue weighted by Gasteiger charge is -2.19. The SMILES string of the molecule is CC(=O)c1c(C)nn([C@H](C)CC(=O)N(C)Cc2cc(C3CC3)on2)c1C. The minimum atomic E-state index is -0.129. The van der Waals surface area contributed by atoms with Gasteiger partial charge in [-0.3, -0.25) is 14.3 Å². The van der Waals surface area contributed by atoms with Crippen molar-refractivity contribution in [2.24, 2.45) is 0 Å². The second-order valence-corrected chi connectivity index (χ2v) is 7.34. The lowest BCUT2D eigenvalue weighted by atomic mass is 10.1. The van der Waals surface area contributed by atoms with E-state index in [1.807, 2.05) is 26.8 Å². The molecule has 0 saturated heterocycles. The molecule has 1 amide bonds. The van der Waals surface area contributed by atoms with E-state index in [0.29, 0.717) is 30.1 Å². The van der Waals surface area contributed by atoms with Crippen LogP contribution in [0.15, 0.2) is 10.6 Å². The minimum absolute atomic E-state index is 0.000561. The topological polar surface area (TPSA) is 81.2 Å². The van der Waals surface area contributed by atoms with E-state index in [1.54, 1.807) is 23.6 Å². The number of carbonyl (C=O) groups excluding carboxylic acids is 2. The van der Waals surface area contributed by atoms with Gasteiger partial charge in [-0.15, -0.1) is 0 Å². The molecular formula is C19H26N4O3. The first-order valence-electron chi connectivity index (χ1n) is 9.04. The first kappa shape index (κ1) is 18.4. The second-order valence-electron chi connectivity index (χ2n) is 7.34. The number of aryl methyl sites for hydroxylation is 1. The molecule has 0 aliphatic heterocycles. The van der Waals surface area contributed by atoms with E-state index in [-0.39, 0.29) is 17.7 Å². The minimum Gasteiger partial charge on any atom is -0.361 e. The zero-order valence-corrected chi connectivity index (χ0v) is 16.1. The summed E-state index contributed by atoms with van der Waals surface area (Å²) in [6.45, 7) is 7.60. The highest BCUT2D eigenvalue weighted by Crippen LogP contribution is 2.40. The van der Waals surface area contributed by atoms with Gasteiger partial charge >= 0.3 is 0 Å². The molecule has 0 bridgehead atoms. The van der Waals surface area contributed by atoms with Crippen molar-refractivity contribution in [1.82, 2.24) is 19.8 Å². The summed E-state index contributed by atoms with van der Waals surface area (Å²) >= 11 is 0. The summed E-state index contributed by atoms with van der Waals surface area (Å²) < 4.78 is 7.12. The first-order chi connectivity index (χ1) is 12.3. The van der Waals surface area contributed by atoms with E-state index in [9.17, 15) is 9.59 Å². The van der Waals surface area contributed by atoms with E-state index in [4.69, 9.17) is 4.52 Å². The number of Topliss-reactive ketones (excluding diaryl/α,β-unsaturated/α-hetero) is 1. The number of ketones is 1. The van der Waals surface area contributed by atoms with E-state index in [2.05, 4.69) is 10.3 Å². The maximum absolute atomic E-state index is 12.6. The molecule has 0 aromatic carbocycles. The van der Waals surface area contributed by atoms with Gasteiger partial charge < -0.3 is 9.42 Å². The van der Waals surface area contributed by atoms with Crippen molar-refractivity contribution in [3.63, 3.8) is 0 Å². The normalized spacial score (nSPS) is 15.1. The molecule has 0 N–H and O–H groups in total. The van der Waals surface area contributed by atoms with Crippen LogP contribution in [0.2, 0.25) is 0 Å². The standard InChI is InChI=1S/C19H26N4O3/c1-11(23-13(3)19(14(4)24)12(2)20-23)8-18(25)22(5)10-16-9-17(26-21-16)15-6-7-15/h9,11,15H,6-8,10H2,1-5H3/t11-/m1/s1. The number of amides is 1. The highest BCUT2D eigenvalue weighted by atomic mass is 16.5. The summed E-state index contributed by atoms with van der Waals surface area (Å²) in [5.41, 5.74) is 2.94. The smallest absolute Gasteiger partial charge is 0.224 e. The predicted octanol–water partition coefficient (Wildman–Crippen LogP) is 3.18. The lowest BCUT2D eigenvalue weighted by Crippen LogP contribution is -2.28. The van der Waals surface area contributed by atoms with Crippen LogP contribution in [0.3, 0.4) is 0 Å². The Labute approximate surface area is 153 Å². The van der Waals surface area contributed by atoms with Crippen LogP contribution >= 0.6 is 0 Å². The third kappa shape index (κ3) is 3.71. The summed E-state index contributed by atoms with van der Waals surface area (Å²) in [6.07, 6.45) is 2.63. The molecule has 2 aromatic rings. The Morgan fingerprint density at radius 1 is 1.38 bits per heavy atom. The molecule has 1 saturated carbocycles. The van der Waals surface area contributed by atoms with Gasteiger partial charge in [-0.1, -0.05) is 5.16 Å². The van der Waals surface area contributed by atoms with Crippen molar-refractivity contribution in [3.8, 4) is 0 Å². The number of nitrogens with zero attached hydrogens (tertiary/aromatic N) is 4. The van der Waals surface area contributed by atoms with Gasteiger partial charge in [0.1, 0.15) is 11.5 Å². The molecule has 26 heavy (non-hydrogen) atoms. The molecular weight excluding hydrogens is 332 g/mol. The summed E-state index contributed by atoms with van der Waals surface area (Å²) in [4.78, 5) is 26.0. The van der Waals surface area contributed by atoms with Crippen molar-refractivity contribution in [3.05, 3.63) is 34.5 Å². The molecule has 0 radical (unpaired) electrons. The molecule has 1 atom stereocenters. The fourth-order valence-electron chi connectivity index (χ4n) is 3.39. The predicted molar refractivity (Wildman–Crippen MR) is 96.0 cm³/mol. The zero-order valence-electron chi connectivity index (χ0n) is 16.1. The van der Waals surface area contributed by atoms with Crippen LogP contribution in [-0.2, 0) is 11.3 Å². The summed E-state index contributed by atoms with van der Waals surface area (Å²) in [6, 6.07) is 1.82. The van der Waals surface area contributed by atoms with E-state index in [1.165, 1.54) is 0 Å². The summed E-state index contributed by atoms with van der Waals surface area (Å²) in [5, 5.41) is 8.52. The first-order valence-corrected chi connectivity index (χ1v) is 9.04. The summed E-state index contributed by atoms with van der Waals surface area (Å²) in [7, 11) is 1.77. The number of hydrogen-bond acceptors (Lipinski definition) is 5. The molecule has 140 valence electrons. The van der Waals surface area contributed by atoms with Crippen LogP contribution in [0.4, 0.5) is 0 Å². The average molecular weight is 358 g/mol. The molecule has 1 fully saturated rings. The summed E-state index contributed by atoms with van der Waals surface area (Å²) in [5.74, 6) is 1.44. The van der Waals surface area contributed by atoms with Gasteiger partial charge in [-0.05, 0) is 40.5 Å². The largest absolute Gasteiger partial charge is 0.361 e. The van der Waals surface area contributed by atoms with Gasteiger partial charge in [0.2, 0.25) is 5.91 Å². The third-order valence-electron chi connectivity index (χ3n) is 4.95. The Kier molecular flexibility index (Phi) is 4.98. The maximum Gasteiger partial charge on any atom is 0.224 e. The Bertz CT molecular complexity index is 832. The Hall–Kier alpha value is -2.44. The number of hydrogen-bond donors (Lipinski definition) is 0. The highest BCUT2D eigenvalue weighted by Gasteiger charge is 2.28. The van der Waals surface area contributed by atoms with Crippen LogP contribution in [-0.4, -0.2) is 38.6 Å². The van der Waals surface area contributed by atoms with Crippen LogP contribution < -0.4 is 0 Å². The van der Waals surface area contributed by atoms with Crippen molar-refractivity contribution in [2.45, 2.75) is 65.5 Å². The van der Waals surface area contributed by atoms with Crippen LogP contribution in [0.1, 0.15) is 78.3 Å². The molecule has 7 nitrogen and oxygen atoms in total. The molecule has 7 heteroatoms. The molecule has 1 aliphatic carbocycles. The number of carbonyl (C=O) groups is 2. The Morgan fingerprint density at radius 3 is 2.65 bits per heavy atom.